The Morgan fingerprint density at radius 2 is 1.19 bits per heavy atom. The summed E-state index contributed by atoms with van der Waals surface area (Å²) in [6, 6.07) is -4.01. The van der Waals surface area contributed by atoms with Crippen LogP contribution in [0.5, 0.6) is 0 Å². The van der Waals surface area contributed by atoms with E-state index < -0.39 is 118 Å². The number of aliphatic hydroxyl groups excluding tert-OH is 8. The predicted octanol–water partition coefficient (Wildman–Crippen LogP) is -7.50. The molecule has 3 heterocycles. The number of nitrogens with one attached hydrogen (secondary N) is 1. The van der Waals surface area contributed by atoms with Crippen LogP contribution in [-0.4, -0.2) is 159 Å². The minimum Gasteiger partial charge on any atom is -0.394 e. The first-order valence-corrected chi connectivity index (χ1v) is 11.7. The van der Waals surface area contributed by atoms with Crippen LogP contribution in [0.2, 0.25) is 0 Å². The highest BCUT2D eigenvalue weighted by Crippen LogP contribution is 2.31. The van der Waals surface area contributed by atoms with Crippen molar-refractivity contribution in [3.63, 3.8) is 0 Å². The maximum atomic E-state index is 11.5. The predicted molar refractivity (Wildman–Crippen MR) is 117 cm³/mol. The fourth-order valence-electron chi connectivity index (χ4n) is 4.55. The van der Waals surface area contributed by atoms with E-state index in [1.807, 2.05) is 0 Å². The van der Waals surface area contributed by atoms with E-state index in [2.05, 4.69) is 5.32 Å². The highest BCUT2D eigenvalue weighted by atomic mass is 16.7. The zero-order chi connectivity index (χ0) is 27.6. The Bertz CT molecular complexity index is 749. The number of hydrogen-bond acceptors (Lipinski definition) is 16. The fourth-order valence-corrected chi connectivity index (χ4v) is 4.55. The molecule has 0 radical (unpaired) electrons. The van der Waals surface area contributed by atoms with Crippen molar-refractivity contribution in [2.24, 2.45) is 11.5 Å². The zero-order valence-electron chi connectivity index (χ0n) is 20.0. The van der Waals surface area contributed by atoms with Crippen LogP contribution in [0.4, 0.5) is 0 Å². The third-order valence-electron chi connectivity index (χ3n) is 6.65. The summed E-state index contributed by atoms with van der Waals surface area (Å²) in [6.07, 6.45) is -17.5. The van der Waals surface area contributed by atoms with Gasteiger partial charge in [0.15, 0.2) is 18.9 Å². The van der Waals surface area contributed by atoms with Crippen LogP contribution in [0.1, 0.15) is 6.92 Å². The van der Waals surface area contributed by atoms with Gasteiger partial charge in [-0.2, -0.15) is 0 Å². The van der Waals surface area contributed by atoms with Gasteiger partial charge >= 0.3 is 0 Å². The number of nitrogens with two attached hydrogens (primary N) is 2. The Morgan fingerprint density at radius 3 is 1.70 bits per heavy atom. The van der Waals surface area contributed by atoms with Gasteiger partial charge in [0.2, 0.25) is 5.91 Å². The third kappa shape index (κ3) is 6.38. The van der Waals surface area contributed by atoms with Gasteiger partial charge in [-0.05, 0) is 0 Å². The molecule has 0 saturated carbocycles. The van der Waals surface area contributed by atoms with E-state index in [-0.39, 0.29) is 0 Å². The quantitative estimate of drug-likeness (QED) is 0.135. The van der Waals surface area contributed by atoms with E-state index in [9.17, 15) is 45.6 Å². The van der Waals surface area contributed by atoms with Gasteiger partial charge in [-0.15, -0.1) is 0 Å². The summed E-state index contributed by atoms with van der Waals surface area (Å²) >= 11 is 0. The smallest absolute Gasteiger partial charge is 0.217 e. The van der Waals surface area contributed by atoms with E-state index in [0.717, 1.165) is 6.92 Å². The first-order valence-electron chi connectivity index (χ1n) is 11.7. The second kappa shape index (κ2) is 12.8. The van der Waals surface area contributed by atoms with Crippen molar-refractivity contribution >= 4 is 5.91 Å². The molecule has 216 valence electrons. The van der Waals surface area contributed by atoms with Gasteiger partial charge in [0, 0.05) is 6.92 Å². The van der Waals surface area contributed by atoms with Gasteiger partial charge in [-0.25, -0.2) is 0 Å². The molecule has 1 amide bonds. The van der Waals surface area contributed by atoms with Crippen LogP contribution in [0.3, 0.4) is 0 Å². The van der Waals surface area contributed by atoms with E-state index in [1.54, 1.807) is 0 Å². The van der Waals surface area contributed by atoms with E-state index in [1.165, 1.54) is 0 Å². The van der Waals surface area contributed by atoms with Gasteiger partial charge in [0.05, 0.1) is 31.9 Å². The molecule has 0 aromatic rings. The molecule has 0 bridgehead atoms. The van der Waals surface area contributed by atoms with Gasteiger partial charge in [-0.1, -0.05) is 0 Å². The van der Waals surface area contributed by atoms with Crippen molar-refractivity contribution in [1.82, 2.24) is 5.32 Å². The molecule has 0 spiro atoms. The number of carbonyl (C=O) groups is 1. The minimum atomic E-state index is -1.67. The van der Waals surface area contributed by atoms with Crippen molar-refractivity contribution in [2.75, 3.05) is 19.8 Å². The first kappa shape index (κ1) is 30.4. The minimum absolute atomic E-state index is 0.585. The lowest BCUT2D eigenvalue weighted by molar-refractivity contribution is -0.348. The molecular weight excluding hydrogens is 506 g/mol. The Morgan fingerprint density at radius 1 is 0.730 bits per heavy atom. The topological polar surface area (TPSA) is 289 Å². The summed E-state index contributed by atoms with van der Waals surface area (Å²) < 4.78 is 27.7. The summed E-state index contributed by atoms with van der Waals surface area (Å²) in [5, 5.41) is 83.1. The normalized spacial score (nSPS) is 49.0. The SMILES string of the molecule is CC(=O)N[C@@H]1[C@@H](O)[C@H](O[C@@H]2O[C@H](CO)[C@@H](O[C@@H]3O[C@H](CO)[C@@H](O)[C@H](O)[C@H]3N)[C@H](O)[C@H]2N)[C@@H](CO)O[C@H]1O. The van der Waals surface area contributed by atoms with Crippen LogP contribution < -0.4 is 16.8 Å². The van der Waals surface area contributed by atoms with Crippen LogP contribution in [0.25, 0.3) is 0 Å². The Labute approximate surface area is 211 Å². The van der Waals surface area contributed by atoms with Crippen molar-refractivity contribution in [2.45, 2.75) is 98.9 Å². The van der Waals surface area contributed by atoms with Crippen LogP contribution >= 0.6 is 0 Å². The van der Waals surface area contributed by atoms with Crippen LogP contribution in [-0.2, 0) is 28.5 Å². The van der Waals surface area contributed by atoms with Gasteiger partial charge in [-0.3, -0.25) is 4.79 Å². The Balaban J connectivity index is 1.74. The lowest BCUT2D eigenvalue weighted by atomic mass is 9.94. The Hall–Kier alpha value is -1.13. The third-order valence-corrected chi connectivity index (χ3v) is 6.65. The number of rotatable bonds is 8. The van der Waals surface area contributed by atoms with Crippen molar-refractivity contribution in [1.29, 1.82) is 0 Å². The number of hydrogen-bond donors (Lipinski definition) is 11. The van der Waals surface area contributed by atoms with Gasteiger partial charge in [0.1, 0.15) is 61.0 Å². The van der Waals surface area contributed by atoms with Crippen molar-refractivity contribution in [3.05, 3.63) is 0 Å². The molecule has 3 aliphatic heterocycles. The zero-order valence-corrected chi connectivity index (χ0v) is 20.0. The average Bonchev–Trinajstić information content (AvgIpc) is 2.87. The molecule has 37 heavy (non-hydrogen) atoms. The summed E-state index contributed by atoms with van der Waals surface area (Å²) in [5.41, 5.74) is 12.0. The molecule has 15 atom stereocenters. The van der Waals surface area contributed by atoms with E-state index in [0.29, 0.717) is 0 Å². The molecule has 0 aliphatic carbocycles. The largest absolute Gasteiger partial charge is 0.394 e. The molecule has 0 aromatic carbocycles. The molecule has 3 saturated heterocycles. The summed E-state index contributed by atoms with van der Waals surface area (Å²) in [7, 11) is 0. The van der Waals surface area contributed by atoms with E-state index >= 15 is 0 Å². The molecule has 0 unspecified atom stereocenters. The number of carbonyl (C=O) groups excluding carboxylic acids is 1. The first-order chi connectivity index (χ1) is 17.4. The maximum absolute atomic E-state index is 11.5. The molecule has 0 aromatic heterocycles. The number of aliphatic hydroxyl groups is 8. The molecule has 17 nitrogen and oxygen atoms in total. The standard InChI is InChI=1S/C20H37N3O14/c1-5(27)23-11-15(31)17(7(3-25)33-18(11)32)37-20-10(22)14(30)16(8(4-26)35-20)36-19-9(21)13(29)12(28)6(2-24)34-19/h6-20,24-26,28-32H,2-4,21-22H2,1H3,(H,23,27)/t6-,7-,8-,9-,10-,11-,12-,13-,14-,15-,16-,17-,18-,19+,20+/m1/s1. The fraction of sp³-hybridized carbons (Fsp3) is 0.950. The molecule has 3 aliphatic rings. The van der Waals surface area contributed by atoms with E-state index in [4.69, 9.17) is 35.2 Å². The maximum Gasteiger partial charge on any atom is 0.217 e. The summed E-state index contributed by atoms with van der Waals surface area (Å²) in [6.45, 7) is -0.951. The summed E-state index contributed by atoms with van der Waals surface area (Å²) in [4.78, 5) is 11.5. The molecule has 13 N–H and O–H groups in total. The average molecular weight is 544 g/mol. The van der Waals surface area contributed by atoms with Crippen molar-refractivity contribution < 1.29 is 69.3 Å². The lowest BCUT2D eigenvalue weighted by Gasteiger charge is -2.48. The lowest BCUT2D eigenvalue weighted by Crippen LogP contribution is -2.69. The number of ether oxygens (including phenoxy) is 5. The summed E-state index contributed by atoms with van der Waals surface area (Å²) in [5.74, 6) is -0.585. The monoisotopic (exact) mass is 543 g/mol. The molecule has 17 heteroatoms. The highest BCUT2D eigenvalue weighted by Gasteiger charge is 2.52. The van der Waals surface area contributed by atoms with Crippen molar-refractivity contribution in [3.8, 4) is 0 Å². The van der Waals surface area contributed by atoms with Gasteiger partial charge in [0.25, 0.3) is 0 Å². The number of amides is 1. The molecule has 3 fully saturated rings. The molecular formula is C20H37N3O14. The van der Waals surface area contributed by atoms with Crippen LogP contribution in [0.15, 0.2) is 0 Å². The van der Waals surface area contributed by atoms with Gasteiger partial charge < -0.3 is 81.3 Å². The Kier molecular flexibility index (Phi) is 10.5. The molecule has 3 rings (SSSR count). The van der Waals surface area contributed by atoms with Crippen LogP contribution in [0, 0.1) is 0 Å². The second-order valence-corrected chi connectivity index (χ2v) is 9.24. The second-order valence-electron chi connectivity index (χ2n) is 9.24. The highest BCUT2D eigenvalue weighted by molar-refractivity contribution is 5.73.